The molecule has 1 aromatic heterocycles. The van der Waals surface area contributed by atoms with E-state index >= 15 is 0 Å². The molecule has 0 spiro atoms. The van der Waals surface area contributed by atoms with Crippen molar-refractivity contribution in [3.63, 3.8) is 0 Å². The summed E-state index contributed by atoms with van der Waals surface area (Å²) < 4.78 is 0.910. The van der Waals surface area contributed by atoms with Crippen LogP contribution in [0.2, 0.25) is 5.02 Å². The quantitative estimate of drug-likeness (QED) is 0.793. The van der Waals surface area contributed by atoms with Crippen molar-refractivity contribution in [2.24, 2.45) is 0 Å². The van der Waals surface area contributed by atoms with Crippen molar-refractivity contribution in [2.45, 2.75) is 18.9 Å². The third-order valence-corrected chi connectivity index (χ3v) is 4.37. The lowest BCUT2D eigenvalue weighted by Gasteiger charge is -2.38. The molecule has 0 radical (unpaired) electrons. The van der Waals surface area contributed by atoms with Gasteiger partial charge in [0.2, 0.25) is 5.91 Å². The Hall–Kier alpha value is -0.810. The Morgan fingerprint density at radius 3 is 3.06 bits per heavy atom. The van der Waals surface area contributed by atoms with Crippen LogP contribution in [0.15, 0.2) is 16.7 Å². The number of carbonyl (C=O) groups is 1. The molecule has 1 atom stereocenters. The minimum Gasteiger partial charge on any atom is -0.352 e. The standard InChI is InChI=1S/C12H13BrClN3O/c13-10-5-8(14)6-15-12(10)16-3-4-17-9(7-16)1-2-11(17)18/h5-6,9H,1-4,7H2. The minimum absolute atomic E-state index is 0.294. The molecule has 0 bridgehead atoms. The van der Waals surface area contributed by atoms with Gasteiger partial charge in [0.15, 0.2) is 0 Å². The molecular weight excluding hydrogens is 318 g/mol. The first-order valence-corrected chi connectivity index (χ1v) is 7.18. The molecule has 2 fully saturated rings. The molecule has 1 amide bonds. The second kappa shape index (κ2) is 4.70. The molecule has 2 aliphatic heterocycles. The minimum atomic E-state index is 0.294. The molecule has 3 heterocycles. The maximum absolute atomic E-state index is 11.6. The topological polar surface area (TPSA) is 36.4 Å². The first kappa shape index (κ1) is 12.2. The molecule has 1 aromatic rings. The molecule has 96 valence electrons. The van der Waals surface area contributed by atoms with Gasteiger partial charge in [0, 0.05) is 38.3 Å². The summed E-state index contributed by atoms with van der Waals surface area (Å²) in [5.74, 6) is 1.21. The number of carbonyl (C=O) groups excluding carboxylic acids is 1. The number of halogens is 2. The highest BCUT2D eigenvalue weighted by molar-refractivity contribution is 9.10. The van der Waals surface area contributed by atoms with Crippen molar-refractivity contribution in [2.75, 3.05) is 24.5 Å². The molecule has 18 heavy (non-hydrogen) atoms. The average Bonchev–Trinajstić information content (AvgIpc) is 2.71. The Morgan fingerprint density at radius 1 is 1.44 bits per heavy atom. The van der Waals surface area contributed by atoms with E-state index in [-0.39, 0.29) is 0 Å². The van der Waals surface area contributed by atoms with E-state index in [0.717, 1.165) is 36.3 Å². The summed E-state index contributed by atoms with van der Waals surface area (Å²) in [4.78, 5) is 20.2. The summed E-state index contributed by atoms with van der Waals surface area (Å²) in [5, 5.41) is 0.625. The van der Waals surface area contributed by atoms with E-state index in [1.54, 1.807) is 6.20 Å². The Kier molecular flexibility index (Phi) is 3.20. The van der Waals surface area contributed by atoms with E-state index in [4.69, 9.17) is 11.6 Å². The summed E-state index contributed by atoms with van der Waals surface area (Å²) in [6.45, 7) is 2.48. The zero-order valence-electron chi connectivity index (χ0n) is 9.77. The lowest BCUT2D eigenvalue weighted by Crippen LogP contribution is -2.51. The number of rotatable bonds is 1. The SMILES string of the molecule is O=C1CCC2CN(c3ncc(Cl)cc3Br)CCN12. The van der Waals surface area contributed by atoms with E-state index in [1.807, 2.05) is 11.0 Å². The summed E-state index contributed by atoms with van der Waals surface area (Å²) in [6.07, 6.45) is 3.31. The highest BCUT2D eigenvalue weighted by atomic mass is 79.9. The lowest BCUT2D eigenvalue weighted by molar-refractivity contribution is -0.129. The molecule has 0 saturated carbocycles. The molecule has 0 aliphatic carbocycles. The van der Waals surface area contributed by atoms with Crippen LogP contribution in [0, 0.1) is 0 Å². The fourth-order valence-electron chi connectivity index (χ4n) is 2.70. The van der Waals surface area contributed by atoms with Gasteiger partial charge in [0.1, 0.15) is 5.82 Å². The zero-order chi connectivity index (χ0) is 12.7. The molecule has 4 nitrogen and oxygen atoms in total. The van der Waals surface area contributed by atoms with Crippen molar-refractivity contribution in [1.29, 1.82) is 0 Å². The van der Waals surface area contributed by atoms with Crippen LogP contribution in [0.3, 0.4) is 0 Å². The normalized spacial score (nSPS) is 23.4. The van der Waals surface area contributed by atoms with E-state index in [2.05, 4.69) is 25.8 Å². The van der Waals surface area contributed by atoms with Crippen LogP contribution in [-0.2, 0) is 4.79 Å². The van der Waals surface area contributed by atoms with E-state index in [9.17, 15) is 4.79 Å². The predicted octanol–water partition coefficient (Wildman–Crippen LogP) is 2.31. The fraction of sp³-hybridized carbons (Fsp3) is 0.500. The van der Waals surface area contributed by atoms with Gasteiger partial charge in [-0.1, -0.05) is 11.6 Å². The van der Waals surface area contributed by atoms with Crippen molar-refractivity contribution >= 4 is 39.3 Å². The van der Waals surface area contributed by atoms with Gasteiger partial charge in [-0.2, -0.15) is 0 Å². The Morgan fingerprint density at radius 2 is 2.28 bits per heavy atom. The van der Waals surface area contributed by atoms with Crippen molar-refractivity contribution in [1.82, 2.24) is 9.88 Å². The third kappa shape index (κ3) is 2.10. The van der Waals surface area contributed by atoms with Gasteiger partial charge in [-0.15, -0.1) is 0 Å². The van der Waals surface area contributed by atoms with Crippen molar-refractivity contribution < 1.29 is 4.79 Å². The van der Waals surface area contributed by atoms with Gasteiger partial charge in [0.05, 0.1) is 9.50 Å². The number of piperazine rings is 1. The number of aromatic nitrogens is 1. The zero-order valence-corrected chi connectivity index (χ0v) is 12.1. The van der Waals surface area contributed by atoms with Crippen LogP contribution in [0.5, 0.6) is 0 Å². The molecular formula is C12H13BrClN3O. The largest absolute Gasteiger partial charge is 0.352 e. The number of amides is 1. The summed E-state index contributed by atoms with van der Waals surface area (Å²) in [6, 6.07) is 2.20. The number of pyridine rings is 1. The van der Waals surface area contributed by atoms with Crippen molar-refractivity contribution in [3.05, 3.63) is 21.8 Å². The van der Waals surface area contributed by atoms with Gasteiger partial charge in [0.25, 0.3) is 0 Å². The third-order valence-electron chi connectivity index (χ3n) is 3.58. The van der Waals surface area contributed by atoms with Gasteiger partial charge in [-0.3, -0.25) is 4.79 Å². The van der Waals surface area contributed by atoms with Gasteiger partial charge >= 0.3 is 0 Å². The number of hydrogen-bond acceptors (Lipinski definition) is 3. The maximum atomic E-state index is 11.6. The molecule has 2 aliphatic rings. The van der Waals surface area contributed by atoms with E-state index in [0.29, 0.717) is 23.4 Å². The second-order valence-electron chi connectivity index (χ2n) is 4.68. The monoisotopic (exact) mass is 329 g/mol. The highest BCUT2D eigenvalue weighted by Gasteiger charge is 2.36. The number of anilines is 1. The lowest BCUT2D eigenvalue weighted by atomic mass is 10.1. The van der Waals surface area contributed by atoms with Crippen LogP contribution in [0.1, 0.15) is 12.8 Å². The fourth-order valence-corrected chi connectivity index (χ4v) is 3.59. The van der Waals surface area contributed by atoms with Crippen LogP contribution in [0.4, 0.5) is 5.82 Å². The molecule has 6 heteroatoms. The molecule has 2 saturated heterocycles. The van der Waals surface area contributed by atoms with Gasteiger partial charge in [-0.05, 0) is 28.4 Å². The van der Waals surface area contributed by atoms with E-state index < -0.39 is 0 Å². The second-order valence-corrected chi connectivity index (χ2v) is 5.98. The van der Waals surface area contributed by atoms with Gasteiger partial charge < -0.3 is 9.80 Å². The van der Waals surface area contributed by atoms with E-state index in [1.165, 1.54) is 0 Å². The average molecular weight is 331 g/mol. The van der Waals surface area contributed by atoms with Crippen LogP contribution < -0.4 is 4.90 Å². The molecule has 1 unspecified atom stereocenters. The Balaban J connectivity index is 1.80. The predicted molar refractivity (Wildman–Crippen MR) is 73.9 cm³/mol. The van der Waals surface area contributed by atoms with Gasteiger partial charge in [-0.25, -0.2) is 4.98 Å². The number of fused-ring (bicyclic) bond motifs is 1. The molecule has 0 N–H and O–H groups in total. The molecule has 3 rings (SSSR count). The van der Waals surface area contributed by atoms with Crippen LogP contribution in [0.25, 0.3) is 0 Å². The van der Waals surface area contributed by atoms with Crippen LogP contribution >= 0.6 is 27.5 Å². The summed E-state index contributed by atoms with van der Waals surface area (Å²) in [5.41, 5.74) is 0. The molecule has 0 aromatic carbocycles. The summed E-state index contributed by atoms with van der Waals surface area (Å²) >= 11 is 9.40. The first-order chi connectivity index (χ1) is 8.65. The summed E-state index contributed by atoms with van der Waals surface area (Å²) in [7, 11) is 0. The highest BCUT2D eigenvalue weighted by Crippen LogP contribution is 2.30. The van der Waals surface area contributed by atoms with Crippen molar-refractivity contribution in [3.8, 4) is 0 Å². The number of hydrogen-bond donors (Lipinski definition) is 0. The van der Waals surface area contributed by atoms with Crippen LogP contribution in [-0.4, -0.2) is 41.5 Å². The Labute approximate surface area is 119 Å². The smallest absolute Gasteiger partial charge is 0.223 e. The Bertz CT molecular complexity index is 496. The maximum Gasteiger partial charge on any atom is 0.223 e. The first-order valence-electron chi connectivity index (χ1n) is 6.00. The number of nitrogens with zero attached hydrogens (tertiary/aromatic N) is 3.